The number of carbonyl (C=O) groups is 2. The van der Waals surface area contributed by atoms with Crippen LogP contribution >= 0.6 is 0 Å². The van der Waals surface area contributed by atoms with Crippen LogP contribution in [0.1, 0.15) is 57.3 Å². The third-order valence-electron chi connectivity index (χ3n) is 5.16. The zero-order valence-corrected chi connectivity index (χ0v) is 16.5. The highest BCUT2D eigenvalue weighted by Crippen LogP contribution is 2.24. The first kappa shape index (κ1) is 20.3. The number of hydrogen-bond donors (Lipinski definition) is 2. The van der Waals surface area contributed by atoms with Gasteiger partial charge >= 0.3 is 0 Å². The molecule has 1 atom stereocenters. The second kappa shape index (κ2) is 9.60. The Morgan fingerprint density at radius 1 is 1.15 bits per heavy atom. The van der Waals surface area contributed by atoms with Gasteiger partial charge < -0.3 is 15.5 Å². The Morgan fingerprint density at radius 2 is 1.81 bits per heavy atom. The number of nitrogens with zero attached hydrogens (tertiary/aromatic N) is 1. The van der Waals surface area contributed by atoms with Crippen molar-refractivity contribution in [2.24, 2.45) is 11.8 Å². The van der Waals surface area contributed by atoms with E-state index in [0.717, 1.165) is 43.6 Å². The molecule has 1 saturated heterocycles. The van der Waals surface area contributed by atoms with E-state index in [4.69, 9.17) is 0 Å². The van der Waals surface area contributed by atoms with E-state index in [-0.39, 0.29) is 23.8 Å². The van der Waals surface area contributed by atoms with Crippen LogP contribution in [0.2, 0.25) is 0 Å². The molecule has 0 aromatic heterocycles. The first-order valence-electron chi connectivity index (χ1n) is 9.84. The Kier molecular flexibility index (Phi) is 7.49. The van der Waals surface area contributed by atoms with Crippen LogP contribution < -0.4 is 15.5 Å². The molecule has 1 aromatic rings. The molecule has 5 heteroatoms. The van der Waals surface area contributed by atoms with Crippen LogP contribution in [0, 0.1) is 11.8 Å². The fourth-order valence-electron chi connectivity index (χ4n) is 3.08. The molecule has 1 fully saturated rings. The highest BCUT2D eigenvalue weighted by Gasteiger charge is 2.24. The average Bonchev–Trinajstić information content (AvgIpc) is 2.66. The van der Waals surface area contributed by atoms with Crippen molar-refractivity contribution in [3.8, 4) is 0 Å². The first-order valence-corrected chi connectivity index (χ1v) is 9.84. The molecule has 2 N–H and O–H groups in total. The summed E-state index contributed by atoms with van der Waals surface area (Å²) in [6.07, 6.45) is 2.86. The maximum Gasteiger partial charge on any atom is 0.253 e. The fourth-order valence-corrected chi connectivity index (χ4v) is 3.08. The summed E-state index contributed by atoms with van der Waals surface area (Å²) in [6.45, 7) is 10.5. The zero-order valence-electron chi connectivity index (χ0n) is 16.5. The van der Waals surface area contributed by atoms with Gasteiger partial charge in [-0.25, -0.2) is 0 Å². The molecule has 0 saturated carbocycles. The van der Waals surface area contributed by atoms with Crippen molar-refractivity contribution in [2.75, 3.05) is 24.5 Å². The topological polar surface area (TPSA) is 61.4 Å². The number of piperidine rings is 1. The lowest BCUT2D eigenvalue weighted by Crippen LogP contribution is -2.46. The minimum absolute atomic E-state index is 0.00358. The largest absolute Gasteiger partial charge is 0.371 e. The van der Waals surface area contributed by atoms with Gasteiger partial charge in [0, 0.05) is 37.3 Å². The van der Waals surface area contributed by atoms with Gasteiger partial charge in [0.05, 0.1) is 5.56 Å². The monoisotopic (exact) mass is 359 g/mol. The Bertz CT molecular complexity index is 607. The van der Waals surface area contributed by atoms with Crippen molar-refractivity contribution < 1.29 is 9.59 Å². The second-order valence-electron chi connectivity index (χ2n) is 7.67. The number of rotatable bonds is 7. The van der Waals surface area contributed by atoms with Gasteiger partial charge in [-0.2, -0.15) is 0 Å². The lowest BCUT2D eigenvalue weighted by atomic mass is 10.0. The molecule has 5 nitrogen and oxygen atoms in total. The van der Waals surface area contributed by atoms with Crippen LogP contribution in [0.25, 0.3) is 0 Å². The van der Waals surface area contributed by atoms with E-state index in [2.05, 4.69) is 29.4 Å². The van der Waals surface area contributed by atoms with E-state index < -0.39 is 0 Å². The number of carbonyl (C=O) groups excluding carboxylic acids is 2. The normalized spacial score (nSPS) is 16.4. The van der Waals surface area contributed by atoms with Gasteiger partial charge in [0.25, 0.3) is 5.91 Å². The van der Waals surface area contributed by atoms with Crippen molar-refractivity contribution in [1.29, 1.82) is 0 Å². The van der Waals surface area contributed by atoms with Gasteiger partial charge in [-0.3, -0.25) is 9.59 Å². The Labute approximate surface area is 157 Å². The molecular formula is C21H33N3O2. The molecule has 0 spiro atoms. The number of hydrogen-bond acceptors (Lipinski definition) is 3. The zero-order chi connectivity index (χ0) is 19.1. The van der Waals surface area contributed by atoms with Gasteiger partial charge in [-0.1, -0.05) is 46.2 Å². The molecule has 26 heavy (non-hydrogen) atoms. The predicted octanol–water partition coefficient (Wildman–Crippen LogP) is 3.20. The highest BCUT2D eigenvalue weighted by molar-refractivity contribution is 5.99. The minimum Gasteiger partial charge on any atom is -0.371 e. The molecule has 0 bridgehead atoms. The third kappa shape index (κ3) is 5.48. The lowest BCUT2D eigenvalue weighted by molar-refractivity contribution is -0.124. The van der Waals surface area contributed by atoms with Crippen LogP contribution in [-0.4, -0.2) is 37.5 Å². The maximum absolute atomic E-state index is 12.6. The molecule has 1 aliphatic rings. The Balaban J connectivity index is 1.98. The molecule has 1 aromatic carbocycles. The third-order valence-corrected chi connectivity index (χ3v) is 5.16. The van der Waals surface area contributed by atoms with Gasteiger partial charge in [0.15, 0.2) is 0 Å². The van der Waals surface area contributed by atoms with Gasteiger partial charge in [0.2, 0.25) is 5.91 Å². The van der Waals surface area contributed by atoms with Crippen LogP contribution in [0.5, 0.6) is 0 Å². The van der Waals surface area contributed by atoms with Crippen molar-refractivity contribution in [3.63, 3.8) is 0 Å². The molecule has 2 rings (SSSR count). The highest BCUT2D eigenvalue weighted by atomic mass is 16.2. The van der Waals surface area contributed by atoms with Crippen molar-refractivity contribution in [2.45, 2.75) is 53.0 Å². The quantitative estimate of drug-likeness (QED) is 0.786. The van der Waals surface area contributed by atoms with Gasteiger partial charge in [0.1, 0.15) is 0 Å². The van der Waals surface area contributed by atoms with E-state index in [1.807, 2.05) is 38.1 Å². The van der Waals surface area contributed by atoms with Gasteiger partial charge in [-0.05, 0) is 30.9 Å². The summed E-state index contributed by atoms with van der Waals surface area (Å²) < 4.78 is 0. The van der Waals surface area contributed by atoms with Crippen LogP contribution in [0.15, 0.2) is 24.3 Å². The van der Waals surface area contributed by atoms with Crippen molar-refractivity contribution >= 4 is 17.5 Å². The number of anilines is 1. The van der Waals surface area contributed by atoms with Crippen LogP contribution in [0.4, 0.5) is 5.69 Å². The SMILES string of the molecule is CCC(C)CNC(=O)c1ccccc1N1CCC(NC(=O)C(C)C)CC1. The molecule has 1 unspecified atom stereocenters. The van der Waals surface area contributed by atoms with Crippen molar-refractivity contribution in [1.82, 2.24) is 10.6 Å². The summed E-state index contributed by atoms with van der Waals surface area (Å²) >= 11 is 0. The summed E-state index contributed by atoms with van der Waals surface area (Å²) in [5.74, 6) is 0.610. The standard InChI is InChI=1S/C21H33N3O2/c1-5-16(4)14-22-21(26)18-8-6-7-9-19(18)24-12-10-17(11-13-24)23-20(25)15(2)3/h6-9,15-17H,5,10-14H2,1-4H3,(H,22,26)(H,23,25). The number of benzene rings is 1. The molecule has 1 aliphatic heterocycles. The van der Waals surface area contributed by atoms with E-state index in [9.17, 15) is 9.59 Å². The van der Waals surface area contributed by atoms with E-state index in [1.165, 1.54) is 0 Å². The fraction of sp³-hybridized carbons (Fsp3) is 0.619. The molecule has 0 aliphatic carbocycles. The molecule has 0 radical (unpaired) electrons. The molecule has 144 valence electrons. The summed E-state index contributed by atoms with van der Waals surface area (Å²) in [5, 5.41) is 6.18. The summed E-state index contributed by atoms with van der Waals surface area (Å²) in [5.41, 5.74) is 1.73. The number of nitrogens with one attached hydrogen (secondary N) is 2. The Hall–Kier alpha value is -2.04. The summed E-state index contributed by atoms with van der Waals surface area (Å²) in [7, 11) is 0. The van der Waals surface area contributed by atoms with Crippen molar-refractivity contribution in [3.05, 3.63) is 29.8 Å². The average molecular weight is 360 g/mol. The molecule has 2 amide bonds. The smallest absolute Gasteiger partial charge is 0.253 e. The van der Waals surface area contributed by atoms with Gasteiger partial charge in [-0.15, -0.1) is 0 Å². The maximum atomic E-state index is 12.6. The number of amides is 2. The lowest BCUT2D eigenvalue weighted by Gasteiger charge is -2.35. The van der Waals surface area contributed by atoms with E-state index in [0.29, 0.717) is 12.5 Å². The molecule has 1 heterocycles. The molecular weight excluding hydrogens is 326 g/mol. The second-order valence-corrected chi connectivity index (χ2v) is 7.67. The Morgan fingerprint density at radius 3 is 2.42 bits per heavy atom. The van der Waals surface area contributed by atoms with Crippen LogP contribution in [-0.2, 0) is 4.79 Å². The number of para-hydroxylation sites is 1. The van der Waals surface area contributed by atoms with Crippen LogP contribution in [0.3, 0.4) is 0 Å². The first-order chi connectivity index (χ1) is 12.4. The van der Waals surface area contributed by atoms with E-state index >= 15 is 0 Å². The predicted molar refractivity (Wildman–Crippen MR) is 106 cm³/mol. The minimum atomic E-state index is -0.00358. The summed E-state index contributed by atoms with van der Waals surface area (Å²) in [6, 6.07) is 8.04. The van der Waals surface area contributed by atoms with E-state index in [1.54, 1.807) is 0 Å². The summed E-state index contributed by atoms with van der Waals surface area (Å²) in [4.78, 5) is 26.8.